The van der Waals surface area contributed by atoms with E-state index in [1.54, 1.807) is 155 Å². The van der Waals surface area contributed by atoms with Gasteiger partial charge in [-0.1, -0.05) is 315 Å². The smallest absolute Gasteiger partial charge is 0.385 e. The Balaban J connectivity index is 0. The first-order valence-corrected chi connectivity index (χ1v) is 42.5. The molecule has 14 aromatic carbocycles. The molecular formula is C115H122N10O15. The number of methoxy groups -OCH3 is 5. The van der Waals surface area contributed by atoms with Gasteiger partial charge in [0.15, 0.2) is 0 Å². The Labute approximate surface area is 826 Å². The van der Waals surface area contributed by atoms with Crippen LogP contribution in [0.15, 0.2) is 394 Å². The number of benzene rings is 14. The molecule has 0 unspecified atom stereocenters. The van der Waals surface area contributed by atoms with Crippen LogP contribution in [0.5, 0.6) is 80.5 Å². The maximum absolute atomic E-state index is 8.57. The second-order valence-electron chi connectivity index (χ2n) is 28.1. The number of hydrogen-bond donors (Lipinski definition) is 1. The zero-order chi connectivity index (χ0) is 102. The van der Waals surface area contributed by atoms with Crippen molar-refractivity contribution in [3.05, 3.63) is 422 Å². The SMILES string of the molecule is C.C.CC.CC.CC(C)(C)c1ccccc1.CC(C)(c1ccc(OC#N)cc1)c1ccc(Oc2ccccc2)cc1.COC#N.COC#N.COC(=N)Oc1ccc(C(C)(C)c2ccc(OC#N)cc2)cc1.COc1ccccc1.COc1ccccc1.N#COc1ccc(Oc2ccccc2)cc1.N#COc1ccccc1.N#COc1ccccc1.N#COc1ccccc1.N#COc1ccccc1. The van der Waals surface area contributed by atoms with E-state index in [-0.39, 0.29) is 31.8 Å². The van der Waals surface area contributed by atoms with E-state index < -0.39 is 0 Å². The van der Waals surface area contributed by atoms with Gasteiger partial charge in [0, 0.05) is 10.8 Å². The third-order valence-electron chi connectivity index (χ3n) is 17.4. The molecule has 0 heterocycles. The van der Waals surface area contributed by atoms with Crippen LogP contribution in [0.4, 0.5) is 0 Å². The van der Waals surface area contributed by atoms with Gasteiger partial charge in [-0.25, -0.2) is 5.41 Å². The first-order chi connectivity index (χ1) is 67.0. The highest BCUT2D eigenvalue weighted by Crippen LogP contribution is 2.36. The Kier molecular flexibility index (Phi) is 68.4. The first kappa shape index (κ1) is 123. The van der Waals surface area contributed by atoms with E-state index in [9.17, 15) is 0 Å². The lowest BCUT2D eigenvalue weighted by molar-refractivity contribution is 0.294. The molecule has 0 aliphatic rings. The van der Waals surface area contributed by atoms with Crippen molar-refractivity contribution in [1.82, 2.24) is 0 Å². The molecule has 14 rings (SSSR count). The van der Waals surface area contributed by atoms with E-state index in [2.05, 4.69) is 129 Å². The summed E-state index contributed by atoms with van der Waals surface area (Å²) >= 11 is 0. The monoisotopic (exact) mass is 1880 g/mol. The lowest BCUT2D eigenvalue weighted by atomic mass is 9.78. The molecule has 0 saturated heterocycles. The summed E-state index contributed by atoms with van der Waals surface area (Å²) in [4.78, 5) is 0. The van der Waals surface area contributed by atoms with Gasteiger partial charge in [-0.05, 0) is 203 Å². The van der Waals surface area contributed by atoms with Gasteiger partial charge in [0.05, 0.1) is 35.5 Å². The molecule has 0 saturated carbocycles. The average molecular weight is 1880 g/mol. The topological polar surface area (TPSA) is 376 Å². The quantitative estimate of drug-likeness (QED) is 0.0473. The van der Waals surface area contributed by atoms with Crippen LogP contribution >= 0.6 is 0 Å². The van der Waals surface area contributed by atoms with Crippen molar-refractivity contribution < 1.29 is 71.1 Å². The van der Waals surface area contributed by atoms with Crippen molar-refractivity contribution in [3.8, 4) is 137 Å². The molecule has 14 aromatic rings. The standard InChI is InChI=1S/C22H19NO2.C18H18N2O3.C13H9NO2.C10H14.4C7H5NO.2C7H8O.2C2H3NO.2C2H6.2CH4/c1-22(2,17-8-12-19(13-9-17)24-16-23)18-10-14-21(15-11-18)25-20-6-4-3-5-7-20;1-18(2,13-4-8-15(9-5-13)22-12-19)14-6-10-16(11-7-14)23-17(20)21-3;14-10-15-11-6-8-13(9-7-11)16-12-4-2-1-3-5-12;1-10(2,3)9-7-5-4-6-8-9;4*8-6-9-7-4-2-1-3-5-7;2*1-8-7-5-3-2-4-6-7;2*1-4-2-3;2*1-2;;/h3-15H,1-2H3;4-11,20H,1-3H3;1-9H;4-8H,1-3H3;4*1-5H;2*2-6H,1H3;2*1H3;2*1-2H3;2*1H4. The fraction of sp³-hybridized carbons (Fsp3) is 0.183. The molecule has 0 aliphatic heterocycles. The Morgan fingerprint density at radius 1 is 0.207 bits per heavy atom. The highest BCUT2D eigenvalue weighted by atomic mass is 16.7. The highest BCUT2D eigenvalue weighted by Gasteiger charge is 2.25. The molecule has 0 fully saturated rings. The molecule has 0 aliphatic carbocycles. The van der Waals surface area contributed by atoms with Gasteiger partial charge in [-0.15, -0.1) is 36.8 Å². The summed E-state index contributed by atoms with van der Waals surface area (Å²) in [5.74, 6) is 9.39. The zero-order valence-electron chi connectivity index (χ0n) is 80.2. The number of para-hydroxylation sites is 8. The molecule has 0 aromatic heterocycles. The predicted molar refractivity (Wildman–Crippen MR) is 547 cm³/mol. The normalized spacial score (nSPS) is 8.85. The van der Waals surface area contributed by atoms with Gasteiger partial charge >= 0.3 is 6.08 Å². The molecule has 0 amide bonds. The van der Waals surface area contributed by atoms with Crippen LogP contribution in [0.1, 0.15) is 119 Å². The number of rotatable bonds is 18. The van der Waals surface area contributed by atoms with E-state index in [4.69, 9.17) is 85.9 Å². The van der Waals surface area contributed by atoms with E-state index in [1.165, 1.54) is 45.0 Å². The molecule has 0 bridgehead atoms. The van der Waals surface area contributed by atoms with Gasteiger partial charge in [0.25, 0.3) is 56.3 Å². The molecule has 1 N–H and O–H groups in total. The number of hydrogen-bond acceptors (Lipinski definition) is 25. The van der Waals surface area contributed by atoms with Crippen LogP contribution in [-0.2, 0) is 30.5 Å². The second kappa shape index (κ2) is 77.7. The van der Waals surface area contributed by atoms with E-state index in [1.807, 2.05) is 282 Å². The minimum Gasteiger partial charge on any atom is -0.497 e. The molecule has 0 radical (unpaired) electrons. The van der Waals surface area contributed by atoms with E-state index in [0.717, 1.165) is 45.4 Å². The third-order valence-corrected chi connectivity index (χ3v) is 17.4. The van der Waals surface area contributed by atoms with Crippen LogP contribution in [-0.4, -0.2) is 41.6 Å². The van der Waals surface area contributed by atoms with Crippen molar-refractivity contribution >= 4 is 6.08 Å². The summed E-state index contributed by atoms with van der Waals surface area (Å²) in [6, 6.07) is 122. The van der Waals surface area contributed by atoms with Crippen molar-refractivity contribution in [1.29, 1.82) is 52.8 Å². The van der Waals surface area contributed by atoms with Crippen molar-refractivity contribution in [2.45, 2.75) is 107 Å². The average Bonchev–Trinajstić information content (AvgIpc) is 0.804. The summed E-state index contributed by atoms with van der Waals surface area (Å²) in [7, 11) is 7.35. The molecule has 0 spiro atoms. The molecule has 722 valence electrons. The summed E-state index contributed by atoms with van der Waals surface area (Å²) in [6.07, 6.45) is 13.9. The Bertz CT molecular complexity index is 5650. The number of nitriles is 9. The summed E-state index contributed by atoms with van der Waals surface area (Å²) in [5, 5.41) is 79.8. The number of ether oxygens (including phenoxy) is 15. The zero-order valence-corrected chi connectivity index (χ0v) is 80.2. The predicted octanol–water partition coefficient (Wildman–Crippen LogP) is 28.9. The van der Waals surface area contributed by atoms with Crippen LogP contribution in [0.3, 0.4) is 0 Å². The van der Waals surface area contributed by atoms with Crippen LogP contribution in [0.25, 0.3) is 0 Å². The molecule has 0 atom stereocenters. The minimum atomic E-state index is -0.245. The van der Waals surface area contributed by atoms with E-state index in [0.29, 0.717) is 57.2 Å². The highest BCUT2D eigenvalue weighted by molar-refractivity contribution is 5.66. The van der Waals surface area contributed by atoms with Gasteiger partial charge in [-0.2, -0.15) is 10.5 Å². The van der Waals surface area contributed by atoms with Crippen molar-refractivity contribution in [2.75, 3.05) is 35.5 Å². The lowest BCUT2D eigenvalue weighted by Crippen LogP contribution is -2.18. The Morgan fingerprint density at radius 2 is 0.364 bits per heavy atom. The van der Waals surface area contributed by atoms with E-state index >= 15 is 0 Å². The van der Waals surface area contributed by atoms with Gasteiger partial charge in [0.1, 0.15) is 80.5 Å². The second-order valence-corrected chi connectivity index (χ2v) is 28.1. The molecular weight excluding hydrogens is 1760 g/mol. The van der Waals surface area contributed by atoms with Crippen LogP contribution in [0.2, 0.25) is 0 Å². The molecule has 25 heteroatoms. The fourth-order valence-electron chi connectivity index (χ4n) is 10.4. The van der Waals surface area contributed by atoms with Gasteiger partial charge in [0.2, 0.25) is 0 Å². The number of nitrogens with one attached hydrogen (secondary N) is 1. The molecule has 140 heavy (non-hydrogen) atoms. The summed E-state index contributed by atoms with van der Waals surface area (Å²) < 4.78 is 71.2. The van der Waals surface area contributed by atoms with Gasteiger partial charge < -0.3 is 71.1 Å². The summed E-state index contributed by atoms with van der Waals surface area (Å²) in [5.41, 5.74) is 5.83. The largest absolute Gasteiger partial charge is 0.497 e. The minimum absolute atomic E-state index is 0. The van der Waals surface area contributed by atoms with Crippen LogP contribution in [0, 0.1) is 109 Å². The fourth-order valence-corrected chi connectivity index (χ4v) is 10.4. The maximum Gasteiger partial charge on any atom is 0.385 e. The van der Waals surface area contributed by atoms with Crippen molar-refractivity contribution in [2.24, 2.45) is 0 Å². The summed E-state index contributed by atoms with van der Waals surface area (Å²) in [6.45, 7) is 23.2. The third kappa shape index (κ3) is 54.8. The number of nitrogens with zero attached hydrogens (tertiary/aromatic N) is 9. The first-order valence-electron chi connectivity index (χ1n) is 42.5. The lowest BCUT2D eigenvalue weighted by Gasteiger charge is -2.26. The Morgan fingerprint density at radius 3 is 0.536 bits per heavy atom. The maximum atomic E-state index is 8.57. The molecule has 25 nitrogen and oxygen atoms in total. The van der Waals surface area contributed by atoms with Crippen LogP contribution < -0.4 is 56.8 Å². The van der Waals surface area contributed by atoms with Crippen molar-refractivity contribution in [3.63, 3.8) is 0 Å². The Hall–Kier alpha value is -18.8. The van der Waals surface area contributed by atoms with Gasteiger partial charge in [-0.3, -0.25) is 0 Å².